The number of likely N-dealkylation sites (tertiary alicyclic amines) is 1. The second-order valence-corrected chi connectivity index (χ2v) is 4.77. The van der Waals surface area contributed by atoms with Crippen molar-refractivity contribution in [3.05, 3.63) is 17.5 Å². The molecule has 0 aliphatic carbocycles. The molecular formula is C13H19N3O3. The van der Waals surface area contributed by atoms with Gasteiger partial charge in [0.25, 0.3) is 5.91 Å². The lowest BCUT2D eigenvalue weighted by molar-refractivity contribution is -0.130. The molecule has 1 aliphatic rings. The number of nitrogens with zero attached hydrogens (tertiary/aromatic N) is 2. The van der Waals surface area contributed by atoms with E-state index in [9.17, 15) is 9.59 Å². The zero-order chi connectivity index (χ0) is 13.7. The molecule has 0 radical (unpaired) electrons. The van der Waals surface area contributed by atoms with E-state index in [1.165, 1.54) is 0 Å². The van der Waals surface area contributed by atoms with Gasteiger partial charge in [-0.2, -0.15) is 0 Å². The predicted octanol–water partition coefficient (Wildman–Crippen LogP) is 1.12. The van der Waals surface area contributed by atoms with Crippen LogP contribution < -0.4 is 5.32 Å². The average molecular weight is 265 g/mol. The highest BCUT2D eigenvalue weighted by Crippen LogP contribution is 2.10. The Labute approximate surface area is 112 Å². The lowest BCUT2D eigenvalue weighted by atomic mass is 10.2. The summed E-state index contributed by atoms with van der Waals surface area (Å²) in [7, 11) is 0. The van der Waals surface area contributed by atoms with E-state index in [1.54, 1.807) is 13.0 Å². The number of carbonyl (C=O) groups excluding carboxylic acids is 2. The van der Waals surface area contributed by atoms with Crippen LogP contribution in [0.3, 0.4) is 0 Å². The van der Waals surface area contributed by atoms with Gasteiger partial charge in [-0.25, -0.2) is 0 Å². The molecule has 0 aromatic carbocycles. The van der Waals surface area contributed by atoms with Gasteiger partial charge in [-0.05, 0) is 19.8 Å². The van der Waals surface area contributed by atoms with Gasteiger partial charge in [0.05, 0.1) is 0 Å². The van der Waals surface area contributed by atoms with Crippen LogP contribution in [0.1, 0.15) is 41.9 Å². The molecule has 6 heteroatoms. The smallest absolute Gasteiger partial charge is 0.273 e. The zero-order valence-corrected chi connectivity index (χ0v) is 11.1. The second kappa shape index (κ2) is 6.36. The van der Waals surface area contributed by atoms with Gasteiger partial charge in [0.15, 0.2) is 5.69 Å². The van der Waals surface area contributed by atoms with Crippen LogP contribution >= 0.6 is 0 Å². The topological polar surface area (TPSA) is 75.4 Å². The molecular weight excluding hydrogens is 246 g/mol. The molecule has 19 heavy (non-hydrogen) atoms. The normalized spacial score (nSPS) is 16.3. The zero-order valence-electron chi connectivity index (χ0n) is 11.1. The van der Waals surface area contributed by atoms with Crippen molar-refractivity contribution in [3.8, 4) is 0 Å². The van der Waals surface area contributed by atoms with Gasteiger partial charge in [0.1, 0.15) is 5.76 Å². The fourth-order valence-corrected chi connectivity index (χ4v) is 2.14. The van der Waals surface area contributed by atoms with Crippen molar-refractivity contribution in [1.82, 2.24) is 15.4 Å². The third-order valence-electron chi connectivity index (χ3n) is 3.20. The Kier molecular flexibility index (Phi) is 4.54. The Bertz CT molecular complexity index is 456. The standard InChI is InChI=1S/C13H19N3O3/c1-10-9-11(15-19-10)13(18)14-6-8-16-7-4-2-3-5-12(16)17/h9H,2-8H2,1H3,(H,14,18). The Morgan fingerprint density at radius 2 is 2.32 bits per heavy atom. The minimum atomic E-state index is -0.265. The van der Waals surface area contributed by atoms with Gasteiger partial charge in [-0.1, -0.05) is 11.6 Å². The summed E-state index contributed by atoms with van der Waals surface area (Å²) in [5, 5.41) is 6.39. The Morgan fingerprint density at radius 3 is 3.05 bits per heavy atom. The molecule has 0 saturated carbocycles. The monoisotopic (exact) mass is 265 g/mol. The van der Waals surface area contributed by atoms with E-state index < -0.39 is 0 Å². The number of hydrogen-bond donors (Lipinski definition) is 1. The van der Waals surface area contributed by atoms with Crippen molar-refractivity contribution >= 4 is 11.8 Å². The average Bonchev–Trinajstić information content (AvgIpc) is 2.72. The number of hydrogen-bond acceptors (Lipinski definition) is 4. The summed E-state index contributed by atoms with van der Waals surface area (Å²) in [5.41, 5.74) is 0.277. The molecule has 1 aromatic heterocycles. The third kappa shape index (κ3) is 3.81. The van der Waals surface area contributed by atoms with Gasteiger partial charge in [-0.15, -0.1) is 0 Å². The molecule has 104 valence electrons. The molecule has 1 saturated heterocycles. The number of aromatic nitrogens is 1. The summed E-state index contributed by atoms with van der Waals surface area (Å²) >= 11 is 0. The minimum absolute atomic E-state index is 0.184. The maximum atomic E-state index is 11.7. The van der Waals surface area contributed by atoms with Crippen LogP contribution in [0.2, 0.25) is 0 Å². The summed E-state index contributed by atoms with van der Waals surface area (Å²) in [6.07, 6.45) is 3.74. The van der Waals surface area contributed by atoms with Crippen molar-refractivity contribution in [2.45, 2.75) is 32.6 Å². The molecule has 1 fully saturated rings. The fourth-order valence-electron chi connectivity index (χ4n) is 2.14. The number of nitrogens with one attached hydrogen (secondary N) is 1. The maximum absolute atomic E-state index is 11.7. The van der Waals surface area contributed by atoms with Crippen molar-refractivity contribution in [1.29, 1.82) is 0 Å². The molecule has 1 N–H and O–H groups in total. The van der Waals surface area contributed by atoms with E-state index in [-0.39, 0.29) is 17.5 Å². The summed E-state index contributed by atoms with van der Waals surface area (Å²) in [6, 6.07) is 1.59. The first-order chi connectivity index (χ1) is 9.16. The first-order valence-electron chi connectivity index (χ1n) is 6.66. The molecule has 0 spiro atoms. The van der Waals surface area contributed by atoms with Gasteiger partial charge >= 0.3 is 0 Å². The summed E-state index contributed by atoms with van der Waals surface area (Å²) in [6.45, 7) is 3.52. The van der Waals surface area contributed by atoms with E-state index in [4.69, 9.17) is 4.52 Å². The van der Waals surface area contributed by atoms with Crippen LogP contribution in [0.25, 0.3) is 0 Å². The van der Waals surface area contributed by atoms with Crippen LogP contribution in [0.4, 0.5) is 0 Å². The molecule has 2 rings (SSSR count). The minimum Gasteiger partial charge on any atom is -0.361 e. The first-order valence-corrected chi connectivity index (χ1v) is 6.66. The lowest BCUT2D eigenvalue weighted by Crippen LogP contribution is -2.38. The highest BCUT2D eigenvalue weighted by atomic mass is 16.5. The Morgan fingerprint density at radius 1 is 1.47 bits per heavy atom. The Balaban J connectivity index is 1.76. The Hall–Kier alpha value is -1.85. The quantitative estimate of drug-likeness (QED) is 0.885. The molecule has 2 heterocycles. The fraction of sp³-hybridized carbons (Fsp3) is 0.615. The second-order valence-electron chi connectivity index (χ2n) is 4.77. The first kappa shape index (κ1) is 13.6. The molecule has 0 unspecified atom stereocenters. The summed E-state index contributed by atoms with van der Waals surface area (Å²) in [5.74, 6) is 0.524. The van der Waals surface area contributed by atoms with Gasteiger partial charge in [0.2, 0.25) is 5.91 Å². The van der Waals surface area contributed by atoms with E-state index in [0.717, 1.165) is 25.8 Å². The highest BCUT2D eigenvalue weighted by Gasteiger charge is 2.16. The van der Waals surface area contributed by atoms with Crippen LogP contribution in [0, 0.1) is 6.92 Å². The van der Waals surface area contributed by atoms with Crippen molar-refractivity contribution in [2.75, 3.05) is 19.6 Å². The number of rotatable bonds is 4. The SMILES string of the molecule is Cc1cc(C(=O)NCCN2CCCCCC2=O)no1. The van der Waals surface area contributed by atoms with E-state index >= 15 is 0 Å². The molecule has 2 amide bonds. The van der Waals surface area contributed by atoms with E-state index in [2.05, 4.69) is 10.5 Å². The molecule has 6 nitrogen and oxygen atoms in total. The van der Waals surface area contributed by atoms with E-state index in [0.29, 0.717) is 25.3 Å². The van der Waals surface area contributed by atoms with Crippen LogP contribution in [-0.4, -0.2) is 41.5 Å². The summed E-state index contributed by atoms with van der Waals surface area (Å²) < 4.78 is 4.84. The third-order valence-corrected chi connectivity index (χ3v) is 3.20. The number of carbonyl (C=O) groups is 2. The number of aryl methyl sites for hydroxylation is 1. The van der Waals surface area contributed by atoms with Crippen molar-refractivity contribution in [2.24, 2.45) is 0 Å². The maximum Gasteiger partial charge on any atom is 0.273 e. The van der Waals surface area contributed by atoms with Crippen LogP contribution in [0.5, 0.6) is 0 Å². The molecule has 0 atom stereocenters. The van der Waals surface area contributed by atoms with Crippen molar-refractivity contribution < 1.29 is 14.1 Å². The number of amides is 2. The van der Waals surface area contributed by atoms with Gasteiger partial charge in [0, 0.05) is 32.1 Å². The van der Waals surface area contributed by atoms with Crippen molar-refractivity contribution in [3.63, 3.8) is 0 Å². The van der Waals surface area contributed by atoms with Crippen LogP contribution in [-0.2, 0) is 4.79 Å². The highest BCUT2D eigenvalue weighted by molar-refractivity contribution is 5.92. The van der Waals surface area contributed by atoms with Gasteiger partial charge < -0.3 is 14.7 Å². The molecule has 1 aromatic rings. The summed E-state index contributed by atoms with van der Waals surface area (Å²) in [4.78, 5) is 25.3. The van der Waals surface area contributed by atoms with E-state index in [1.807, 2.05) is 4.90 Å². The molecule has 0 bridgehead atoms. The van der Waals surface area contributed by atoms with Gasteiger partial charge in [-0.3, -0.25) is 9.59 Å². The lowest BCUT2D eigenvalue weighted by Gasteiger charge is -2.20. The molecule has 1 aliphatic heterocycles. The van der Waals surface area contributed by atoms with Crippen LogP contribution in [0.15, 0.2) is 10.6 Å². The largest absolute Gasteiger partial charge is 0.361 e. The predicted molar refractivity (Wildman–Crippen MR) is 68.6 cm³/mol.